The van der Waals surface area contributed by atoms with E-state index in [1.165, 1.54) is 6.42 Å². The van der Waals surface area contributed by atoms with Crippen molar-refractivity contribution in [2.45, 2.75) is 25.3 Å². The molecule has 1 saturated carbocycles. The Bertz CT molecular complexity index is 374. The molecule has 1 aromatic heterocycles. The summed E-state index contributed by atoms with van der Waals surface area (Å²) in [5, 5.41) is 2.92. The molecule has 1 heterocycles. The lowest BCUT2D eigenvalue weighted by molar-refractivity contribution is 0.0938. The Kier molecular flexibility index (Phi) is 3.24. The van der Waals surface area contributed by atoms with Gasteiger partial charge < -0.3 is 15.6 Å². The Morgan fingerprint density at radius 3 is 3.06 bits per heavy atom. The van der Waals surface area contributed by atoms with Gasteiger partial charge in [0.05, 0.1) is 12.5 Å². The van der Waals surface area contributed by atoms with E-state index < -0.39 is 0 Å². The van der Waals surface area contributed by atoms with E-state index in [1.54, 1.807) is 17.1 Å². The van der Waals surface area contributed by atoms with E-state index in [0.29, 0.717) is 18.2 Å². The average Bonchev–Trinajstić information content (AvgIpc) is 2.84. The summed E-state index contributed by atoms with van der Waals surface area (Å²) < 4.78 is 1.71. The van der Waals surface area contributed by atoms with Crippen LogP contribution in [0.25, 0.3) is 0 Å². The smallest absolute Gasteiger partial charge is 0.269 e. The van der Waals surface area contributed by atoms with Crippen LogP contribution in [0, 0.1) is 5.92 Å². The maximum absolute atomic E-state index is 11.8. The molecule has 5 nitrogen and oxygen atoms in total. The Hall–Kier alpha value is -1.36. The number of imidazole rings is 1. The third-order valence-electron chi connectivity index (χ3n) is 3.29. The van der Waals surface area contributed by atoms with Gasteiger partial charge in [0.25, 0.3) is 5.91 Å². The van der Waals surface area contributed by atoms with Crippen molar-refractivity contribution in [3.63, 3.8) is 0 Å². The number of aryl methyl sites for hydroxylation is 1. The molecule has 0 aromatic carbocycles. The zero-order valence-corrected chi connectivity index (χ0v) is 9.52. The van der Waals surface area contributed by atoms with Gasteiger partial charge >= 0.3 is 0 Å². The van der Waals surface area contributed by atoms with Crippen molar-refractivity contribution < 1.29 is 4.79 Å². The van der Waals surface area contributed by atoms with Crippen LogP contribution in [-0.4, -0.2) is 28.0 Å². The van der Waals surface area contributed by atoms with Crippen LogP contribution in [0.5, 0.6) is 0 Å². The number of nitrogens with two attached hydrogens (primary N) is 1. The normalized spacial score (nSPS) is 24.6. The third-order valence-corrected chi connectivity index (χ3v) is 3.29. The first-order valence-electron chi connectivity index (χ1n) is 5.68. The lowest BCUT2D eigenvalue weighted by atomic mass is 10.0. The molecule has 0 radical (unpaired) electrons. The summed E-state index contributed by atoms with van der Waals surface area (Å²) in [6.07, 6.45) is 6.56. The van der Waals surface area contributed by atoms with Crippen molar-refractivity contribution in [2.75, 3.05) is 6.54 Å². The van der Waals surface area contributed by atoms with E-state index in [-0.39, 0.29) is 11.9 Å². The maximum atomic E-state index is 11.8. The molecule has 88 valence electrons. The van der Waals surface area contributed by atoms with Crippen LogP contribution in [-0.2, 0) is 7.05 Å². The number of amides is 1. The number of hydrogen-bond acceptors (Lipinski definition) is 3. The molecular formula is C11H18N4O. The van der Waals surface area contributed by atoms with Gasteiger partial charge in [-0.3, -0.25) is 4.79 Å². The lowest BCUT2D eigenvalue weighted by Gasteiger charge is -2.15. The summed E-state index contributed by atoms with van der Waals surface area (Å²) in [6, 6.07) is 0.242. The van der Waals surface area contributed by atoms with E-state index in [2.05, 4.69) is 10.3 Å². The van der Waals surface area contributed by atoms with Gasteiger partial charge in [0.2, 0.25) is 0 Å². The molecule has 1 amide bonds. The van der Waals surface area contributed by atoms with Crippen molar-refractivity contribution in [3.05, 3.63) is 18.2 Å². The van der Waals surface area contributed by atoms with Gasteiger partial charge in [0, 0.05) is 19.6 Å². The predicted molar refractivity (Wildman–Crippen MR) is 60.9 cm³/mol. The first-order valence-corrected chi connectivity index (χ1v) is 5.68. The minimum absolute atomic E-state index is 0.0703. The zero-order valence-electron chi connectivity index (χ0n) is 9.52. The highest BCUT2D eigenvalue weighted by Crippen LogP contribution is 2.23. The molecule has 0 saturated heterocycles. The number of carbonyl (C=O) groups is 1. The summed E-state index contributed by atoms with van der Waals surface area (Å²) in [5.41, 5.74) is 6.53. The fourth-order valence-corrected chi connectivity index (χ4v) is 2.21. The van der Waals surface area contributed by atoms with E-state index in [0.717, 1.165) is 12.8 Å². The van der Waals surface area contributed by atoms with Gasteiger partial charge in [-0.25, -0.2) is 4.98 Å². The first kappa shape index (κ1) is 11.1. The van der Waals surface area contributed by atoms with E-state index in [1.807, 2.05) is 7.05 Å². The highest BCUT2D eigenvalue weighted by Gasteiger charge is 2.24. The first-order chi connectivity index (χ1) is 7.68. The fourth-order valence-electron chi connectivity index (χ4n) is 2.21. The van der Waals surface area contributed by atoms with Crippen LogP contribution in [0.2, 0.25) is 0 Å². The van der Waals surface area contributed by atoms with Gasteiger partial charge in [0.1, 0.15) is 5.69 Å². The standard InChI is InChI=1S/C11H18N4O/c1-15-7-13-6-10(15)11(16)14-5-8-3-2-4-9(8)12/h6-9H,2-5,12H2,1H3,(H,14,16). The Balaban J connectivity index is 1.86. The SMILES string of the molecule is Cn1cncc1C(=O)NCC1CCCC1N. The van der Waals surface area contributed by atoms with Gasteiger partial charge in [0.15, 0.2) is 0 Å². The van der Waals surface area contributed by atoms with Crippen LogP contribution < -0.4 is 11.1 Å². The number of rotatable bonds is 3. The van der Waals surface area contributed by atoms with Crippen molar-refractivity contribution in [1.82, 2.24) is 14.9 Å². The highest BCUT2D eigenvalue weighted by atomic mass is 16.1. The lowest BCUT2D eigenvalue weighted by Crippen LogP contribution is -2.36. The van der Waals surface area contributed by atoms with Crippen LogP contribution in [0.15, 0.2) is 12.5 Å². The number of aromatic nitrogens is 2. The number of nitrogens with zero attached hydrogens (tertiary/aromatic N) is 2. The van der Waals surface area contributed by atoms with Gasteiger partial charge in [-0.2, -0.15) is 0 Å². The summed E-state index contributed by atoms with van der Waals surface area (Å²) >= 11 is 0. The Morgan fingerprint density at radius 2 is 2.50 bits per heavy atom. The molecule has 2 rings (SSSR count). The Morgan fingerprint density at radius 1 is 1.69 bits per heavy atom. The maximum Gasteiger partial charge on any atom is 0.269 e. The van der Waals surface area contributed by atoms with Crippen molar-refractivity contribution in [1.29, 1.82) is 0 Å². The van der Waals surface area contributed by atoms with E-state index in [9.17, 15) is 4.79 Å². The van der Waals surface area contributed by atoms with Gasteiger partial charge in [-0.15, -0.1) is 0 Å². The van der Waals surface area contributed by atoms with Crippen LogP contribution >= 0.6 is 0 Å². The van der Waals surface area contributed by atoms with Gasteiger partial charge in [-0.05, 0) is 18.8 Å². The average molecular weight is 222 g/mol. The molecule has 0 bridgehead atoms. The molecular weight excluding hydrogens is 204 g/mol. The molecule has 0 spiro atoms. The second-order valence-corrected chi connectivity index (χ2v) is 4.45. The van der Waals surface area contributed by atoms with E-state index >= 15 is 0 Å². The predicted octanol–water partition coefficient (Wildman–Crippen LogP) is 0.277. The largest absolute Gasteiger partial charge is 0.350 e. The monoisotopic (exact) mass is 222 g/mol. The molecule has 5 heteroatoms. The number of nitrogens with one attached hydrogen (secondary N) is 1. The fraction of sp³-hybridized carbons (Fsp3) is 0.636. The molecule has 1 aromatic rings. The summed E-state index contributed by atoms with van der Waals surface area (Å²) in [6.45, 7) is 0.672. The van der Waals surface area contributed by atoms with Crippen molar-refractivity contribution >= 4 is 5.91 Å². The van der Waals surface area contributed by atoms with Crippen molar-refractivity contribution in [2.24, 2.45) is 18.7 Å². The summed E-state index contributed by atoms with van der Waals surface area (Å²) in [5.74, 6) is 0.358. The molecule has 2 atom stereocenters. The van der Waals surface area contributed by atoms with Crippen molar-refractivity contribution in [3.8, 4) is 0 Å². The molecule has 0 aliphatic heterocycles. The van der Waals surface area contributed by atoms with Crippen LogP contribution in [0.1, 0.15) is 29.8 Å². The van der Waals surface area contributed by atoms with Gasteiger partial charge in [-0.1, -0.05) is 6.42 Å². The highest BCUT2D eigenvalue weighted by molar-refractivity contribution is 5.92. The number of carbonyl (C=O) groups excluding carboxylic acids is 1. The van der Waals surface area contributed by atoms with Crippen LogP contribution in [0.3, 0.4) is 0 Å². The molecule has 1 fully saturated rings. The van der Waals surface area contributed by atoms with E-state index in [4.69, 9.17) is 5.73 Å². The minimum Gasteiger partial charge on any atom is -0.350 e. The molecule has 3 N–H and O–H groups in total. The molecule has 1 aliphatic carbocycles. The second-order valence-electron chi connectivity index (χ2n) is 4.45. The third kappa shape index (κ3) is 2.24. The zero-order chi connectivity index (χ0) is 11.5. The minimum atomic E-state index is -0.0703. The van der Waals surface area contributed by atoms with Crippen LogP contribution in [0.4, 0.5) is 0 Å². The second kappa shape index (κ2) is 4.65. The summed E-state index contributed by atoms with van der Waals surface area (Å²) in [7, 11) is 1.81. The molecule has 16 heavy (non-hydrogen) atoms. The molecule has 1 aliphatic rings. The quantitative estimate of drug-likeness (QED) is 0.771. The summed E-state index contributed by atoms with van der Waals surface area (Å²) in [4.78, 5) is 15.7. The number of hydrogen-bond donors (Lipinski definition) is 2. The topological polar surface area (TPSA) is 72.9 Å². The molecule has 2 unspecified atom stereocenters. The Labute approximate surface area is 95.0 Å².